The van der Waals surface area contributed by atoms with E-state index in [1.54, 1.807) is 0 Å². The minimum absolute atomic E-state index is 0.129. The average Bonchev–Trinajstić information content (AvgIpc) is 2.61. The maximum atomic E-state index is 12.6. The van der Waals surface area contributed by atoms with E-state index in [0.717, 1.165) is 0 Å². The van der Waals surface area contributed by atoms with Crippen molar-refractivity contribution in [2.24, 2.45) is 0 Å². The fourth-order valence-corrected chi connectivity index (χ4v) is 6.28. The molecule has 0 saturated carbocycles. The van der Waals surface area contributed by atoms with E-state index in [4.69, 9.17) is 9.47 Å². The van der Waals surface area contributed by atoms with Crippen molar-refractivity contribution in [2.75, 3.05) is 25.6 Å². The van der Waals surface area contributed by atoms with E-state index in [9.17, 15) is 19.2 Å². The van der Waals surface area contributed by atoms with E-state index in [1.165, 1.54) is 20.9 Å². The standard InChI is InChI=1S/C17H17I3N2O6/c1-7(2)16(25)27-5-6-28-17(26)10-11(18)9(15(24)21-4)12(19)14(13(10)20)22-8(3)23/h1,5-6H2,2-4H3,(H,21,24)(H,22,23). The molecule has 2 N–H and O–H groups in total. The van der Waals surface area contributed by atoms with Crippen molar-refractivity contribution in [3.8, 4) is 0 Å². The number of hydrogen-bond donors (Lipinski definition) is 2. The Kier molecular flexibility index (Phi) is 10.1. The van der Waals surface area contributed by atoms with E-state index in [0.29, 0.717) is 16.4 Å². The molecule has 0 aliphatic rings. The van der Waals surface area contributed by atoms with E-state index in [2.05, 4.69) is 17.2 Å². The number of esters is 2. The SMILES string of the molecule is C=C(C)C(=O)OCCOC(=O)c1c(I)c(NC(C)=O)c(I)c(C(=O)NC)c1I. The molecule has 0 fully saturated rings. The van der Waals surface area contributed by atoms with Gasteiger partial charge in [-0.2, -0.15) is 0 Å². The summed E-state index contributed by atoms with van der Waals surface area (Å²) in [6.45, 7) is 6.00. The molecule has 2 amide bonds. The zero-order chi connectivity index (χ0) is 21.6. The highest BCUT2D eigenvalue weighted by atomic mass is 127. The first-order valence-corrected chi connectivity index (χ1v) is 11.0. The molecule has 1 aromatic carbocycles. The molecule has 0 aliphatic heterocycles. The predicted octanol–water partition coefficient (Wildman–Crippen LogP) is 3.09. The lowest BCUT2D eigenvalue weighted by molar-refractivity contribution is -0.140. The van der Waals surface area contributed by atoms with Gasteiger partial charge in [0.15, 0.2) is 0 Å². The second-order valence-electron chi connectivity index (χ2n) is 5.38. The van der Waals surface area contributed by atoms with Crippen molar-refractivity contribution >= 4 is 97.2 Å². The fraction of sp³-hybridized carbons (Fsp3) is 0.294. The summed E-state index contributed by atoms with van der Waals surface area (Å²) in [7, 11) is 1.47. The number of carbonyl (C=O) groups is 4. The first-order chi connectivity index (χ1) is 13.0. The number of ether oxygens (including phenoxy) is 2. The number of hydrogen-bond acceptors (Lipinski definition) is 6. The summed E-state index contributed by atoms with van der Waals surface area (Å²) in [4.78, 5) is 47.9. The second-order valence-corrected chi connectivity index (χ2v) is 8.62. The Morgan fingerprint density at radius 3 is 1.96 bits per heavy atom. The molecule has 1 aromatic rings. The summed E-state index contributed by atoms with van der Waals surface area (Å²) in [6, 6.07) is 0. The number of halogens is 3. The van der Waals surface area contributed by atoms with Gasteiger partial charge in [-0.1, -0.05) is 6.58 Å². The number of carbonyl (C=O) groups excluding carboxylic acids is 4. The van der Waals surface area contributed by atoms with Crippen LogP contribution in [0.4, 0.5) is 5.69 Å². The number of benzene rings is 1. The van der Waals surface area contributed by atoms with Crippen molar-refractivity contribution in [1.29, 1.82) is 0 Å². The molecule has 152 valence electrons. The van der Waals surface area contributed by atoms with Crippen molar-refractivity contribution in [2.45, 2.75) is 13.8 Å². The van der Waals surface area contributed by atoms with E-state index >= 15 is 0 Å². The van der Waals surface area contributed by atoms with Gasteiger partial charge in [0.05, 0.1) is 24.0 Å². The third kappa shape index (κ3) is 6.27. The number of nitrogens with one attached hydrogen (secondary N) is 2. The van der Waals surface area contributed by atoms with Crippen LogP contribution in [-0.4, -0.2) is 44.0 Å². The van der Waals surface area contributed by atoms with Gasteiger partial charge >= 0.3 is 11.9 Å². The largest absolute Gasteiger partial charge is 0.459 e. The predicted molar refractivity (Wildman–Crippen MR) is 128 cm³/mol. The Bertz CT molecular complexity index is 854. The Balaban J connectivity index is 3.23. The average molecular weight is 726 g/mol. The number of anilines is 1. The normalized spacial score (nSPS) is 10.1. The van der Waals surface area contributed by atoms with Crippen LogP contribution in [0.5, 0.6) is 0 Å². The highest BCUT2D eigenvalue weighted by Crippen LogP contribution is 2.36. The molecule has 0 unspecified atom stereocenters. The number of amides is 2. The van der Waals surface area contributed by atoms with Crippen molar-refractivity contribution in [3.05, 3.63) is 34.0 Å². The van der Waals surface area contributed by atoms with Gasteiger partial charge in [-0.25, -0.2) is 9.59 Å². The first-order valence-electron chi connectivity index (χ1n) is 7.72. The smallest absolute Gasteiger partial charge is 0.340 e. The quantitative estimate of drug-likeness (QED) is 0.194. The van der Waals surface area contributed by atoms with Crippen LogP contribution < -0.4 is 10.6 Å². The maximum Gasteiger partial charge on any atom is 0.340 e. The highest BCUT2D eigenvalue weighted by molar-refractivity contribution is 14.1. The van der Waals surface area contributed by atoms with Gasteiger partial charge in [0.2, 0.25) is 5.91 Å². The molecule has 28 heavy (non-hydrogen) atoms. The third-order valence-corrected chi connectivity index (χ3v) is 6.41. The van der Waals surface area contributed by atoms with Crippen LogP contribution in [0.15, 0.2) is 12.2 Å². The van der Waals surface area contributed by atoms with Crippen LogP contribution >= 0.6 is 67.8 Å². The van der Waals surface area contributed by atoms with Gasteiger partial charge in [0.25, 0.3) is 5.91 Å². The molecule has 1 rings (SSSR count). The summed E-state index contributed by atoms with van der Waals surface area (Å²) >= 11 is 5.76. The molecule has 11 heteroatoms. The molecule has 0 heterocycles. The van der Waals surface area contributed by atoms with Crippen LogP contribution in [0.2, 0.25) is 0 Å². The van der Waals surface area contributed by atoms with E-state index in [-0.39, 0.29) is 35.8 Å². The molecule has 0 aliphatic carbocycles. The van der Waals surface area contributed by atoms with E-state index < -0.39 is 17.8 Å². The summed E-state index contributed by atoms with van der Waals surface area (Å²) in [5, 5.41) is 5.18. The molecule has 0 bridgehead atoms. The topological polar surface area (TPSA) is 111 Å². The Hall–Kier alpha value is -0.970. The molecule has 0 radical (unpaired) electrons. The van der Waals surface area contributed by atoms with Crippen LogP contribution in [0, 0.1) is 10.7 Å². The summed E-state index contributed by atoms with van der Waals surface area (Å²) in [5.74, 6) is -2.02. The zero-order valence-electron chi connectivity index (χ0n) is 15.2. The van der Waals surface area contributed by atoms with Gasteiger partial charge in [-0.3, -0.25) is 9.59 Å². The lowest BCUT2D eigenvalue weighted by atomic mass is 10.1. The zero-order valence-corrected chi connectivity index (χ0v) is 21.7. The van der Waals surface area contributed by atoms with Crippen molar-refractivity contribution in [1.82, 2.24) is 5.32 Å². The molecular weight excluding hydrogens is 709 g/mol. The molecule has 0 saturated heterocycles. The van der Waals surface area contributed by atoms with Gasteiger partial charge in [0.1, 0.15) is 13.2 Å². The maximum absolute atomic E-state index is 12.6. The van der Waals surface area contributed by atoms with Crippen LogP contribution in [0.25, 0.3) is 0 Å². The first kappa shape index (κ1) is 25.1. The minimum atomic E-state index is -0.701. The van der Waals surface area contributed by atoms with Gasteiger partial charge < -0.3 is 20.1 Å². The second kappa shape index (κ2) is 11.3. The highest BCUT2D eigenvalue weighted by Gasteiger charge is 2.28. The van der Waals surface area contributed by atoms with Gasteiger partial charge in [-0.15, -0.1) is 0 Å². The summed E-state index contributed by atoms with van der Waals surface area (Å²) in [5.41, 5.74) is 1.00. The summed E-state index contributed by atoms with van der Waals surface area (Å²) < 4.78 is 11.4. The minimum Gasteiger partial charge on any atom is -0.459 e. The number of rotatable bonds is 7. The Morgan fingerprint density at radius 2 is 1.46 bits per heavy atom. The van der Waals surface area contributed by atoms with Crippen LogP contribution in [0.3, 0.4) is 0 Å². The Labute approximate surface area is 203 Å². The van der Waals surface area contributed by atoms with Crippen LogP contribution in [0.1, 0.15) is 34.6 Å². The molecular formula is C17H17I3N2O6. The Morgan fingerprint density at radius 1 is 0.929 bits per heavy atom. The molecule has 0 aromatic heterocycles. The molecule has 0 spiro atoms. The van der Waals surface area contributed by atoms with Crippen LogP contribution in [-0.2, 0) is 19.1 Å². The summed E-state index contributed by atoms with van der Waals surface area (Å²) in [6.07, 6.45) is 0. The lowest BCUT2D eigenvalue weighted by Gasteiger charge is -2.18. The van der Waals surface area contributed by atoms with Crippen molar-refractivity contribution < 1.29 is 28.7 Å². The van der Waals surface area contributed by atoms with Crippen molar-refractivity contribution in [3.63, 3.8) is 0 Å². The van der Waals surface area contributed by atoms with Gasteiger partial charge in [0, 0.05) is 23.1 Å². The van der Waals surface area contributed by atoms with Gasteiger partial charge in [-0.05, 0) is 74.7 Å². The monoisotopic (exact) mass is 726 g/mol. The lowest BCUT2D eigenvalue weighted by Crippen LogP contribution is -2.25. The fourth-order valence-electron chi connectivity index (χ4n) is 1.92. The molecule has 0 atom stereocenters. The third-order valence-electron chi connectivity index (χ3n) is 3.17. The van der Waals surface area contributed by atoms with E-state index in [1.807, 2.05) is 67.8 Å². The molecule has 8 nitrogen and oxygen atoms in total.